The van der Waals surface area contributed by atoms with Crippen LogP contribution in [0.4, 0.5) is 11.5 Å². The van der Waals surface area contributed by atoms with Gasteiger partial charge in [0.05, 0.1) is 0 Å². The van der Waals surface area contributed by atoms with E-state index in [1.54, 1.807) is 12.1 Å². The fourth-order valence-corrected chi connectivity index (χ4v) is 1.60. The molecule has 0 aliphatic rings. The third-order valence-electron chi connectivity index (χ3n) is 2.60. The van der Waals surface area contributed by atoms with Crippen LogP contribution < -0.4 is 5.32 Å². The number of carbonyl (C=O) groups is 1. The molecular formula is C14H14N2O2. The summed E-state index contributed by atoms with van der Waals surface area (Å²) < 4.78 is 0. The topological polar surface area (TPSA) is 62.2 Å². The van der Waals surface area contributed by atoms with Gasteiger partial charge in [-0.15, -0.1) is 0 Å². The summed E-state index contributed by atoms with van der Waals surface area (Å²) in [6, 6.07) is 12.8. The molecule has 18 heavy (non-hydrogen) atoms. The van der Waals surface area contributed by atoms with Crippen LogP contribution in [-0.2, 0) is 6.42 Å². The molecule has 0 spiro atoms. The molecule has 92 valence electrons. The molecule has 2 aromatic rings. The Bertz CT molecular complexity index is 550. The molecule has 1 aromatic heterocycles. The van der Waals surface area contributed by atoms with E-state index in [1.807, 2.05) is 24.3 Å². The zero-order valence-electron chi connectivity index (χ0n) is 10.1. The zero-order chi connectivity index (χ0) is 13.0. The van der Waals surface area contributed by atoms with Gasteiger partial charge in [0, 0.05) is 5.69 Å². The van der Waals surface area contributed by atoms with Crippen LogP contribution in [-0.4, -0.2) is 16.1 Å². The third-order valence-corrected chi connectivity index (χ3v) is 2.60. The summed E-state index contributed by atoms with van der Waals surface area (Å²) in [5, 5.41) is 11.9. The SMILES string of the molecule is CCc1ccc(Nc2cccc(C(=O)O)n2)cc1. The Morgan fingerprint density at radius 2 is 1.94 bits per heavy atom. The number of aromatic carboxylic acids is 1. The number of hydrogen-bond acceptors (Lipinski definition) is 3. The van der Waals surface area contributed by atoms with E-state index < -0.39 is 5.97 Å². The van der Waals surface area contributed by atoms with Crippen molar-refractivity contribution in [3.8, 4) is 0 Å². The molecule has 0 radical (unpaired) electrons. The fourth-order valence-electron chi connectivity index (χ4n) is 1.60. The van der Waals surface area contributed by atoms with Gasteiger partial charge < -0.3 is 10.4 Å². The number of anilines is 2. The van der Waals surface area contributed by atoms with Crippen molar-refractivity contribution in [2.45, 2.75) is 13.3 Å². The second-order valence-electron chi connectivity index (χ2n) is 3.89. The molecule has 0 unspecified atom stereocenters. The van der Waals surface area contributed by atoms with Crippen molar-refractivity contribution in [2.75, 3.05) is 5.32 Å². The van der Waals surface area contributed by atoms with Gasteiger partial charge in [-0.05, 0) is 36.2 Å². The Hall–Kier alpha value is -2.36. The maximum absolute atomic E-state index is 10.8. The van der Waals surface area contributed by atoms with Gasteiger partial charge in [0.2, 0.25) is 0 Å². The number of carboxylic acid groups (broad SMARTS) is 1. The van der Waals surface area contributed by atoms with E-state index in [-0.39, 0.29) is 5.69 Å². The summed E-state index contributed by atoms with van der Waals surface area (Å²) in [6.45, 7) is 2.10. The van der Waals surface area contributed by atoms with E-state index in [0.717, 1.165) is 12.1 Å². The minimum absolute atomic E-state index is 0.0326. The predicted octanol–water partition coefficient (Wildman–Crippen LogP) is 3.09. The van der Waals surface area contributed by atoms with Crippen molar-refractivity contribution >= 4 is 17.5 Å². The van der Waals surface area contributed by atoms with Gasteiger partial charge in [0.1, 0.15) is 5.82 Å². The first kappa shape index (κ1) is 12.1. The van der Waals surface area contributed by atoms with Gasteiger partial charge in [-0.1, -0.05) is 25.1 Å². The number of pyridine rings is 1. The summed E-state index contributed by atoms with van der Waals surface area (Å²) in [6.07, 6.45) is 0.993. The second-order valence-corrected chi connectivity index (χ2v) is 3.89. The van der Waals surface area contributed by atoms with Crippen molar-refractivity contribution < 1.29 is 9.90 Å². The second kappa shape index (κ2) is 5.31. The van der Waals surface area contributed by atoms with Crippen LogP contribution in [0.2, 0.25) is 0 Å². The summed E-state index contributed by atoms with van der Waals surface area (Å²) >= 11 is 0. The molecular weight excluding hydrogens is 228 g/mol. The molecule has 0 aliphatic heterocycles. The summed E-state index contributed by atoms with van der Waals surface area (Å²) in [5.74, 6) is -0.501. The Balaban J connectivity index is 2.17. The van der Waals surface area contributed by atoms with Crippen molar-refractivity contribution in [3.63, 3.8) is 0 Å². The minimum atomic E-state index is -1.03. The van der Waals surface area contributed by atoms with E-state index in [0.29, 0.717) is 5.82 Å². The molecule has 0 saturated heterocycles. The first-order valence-electron chi connectivity index (χ1n) is 5.75. The Kier molecular flexibility index (Phi) is 3.57. The zero-order valence-corrected chi connectivity index (χ0v) is 10.1. The number of hydrogen-bond donors (Lipinski definition) is 2. The highest BCUT2D eigenvalue weighted by molar-refractivity contribution is 5.85. The lowest BCUT2D eigenvalue weighted by molar-refractivity contribution is 0.0690. The first-order chi connectivity index (χ1) is 8.69. The molecule has 0 aliphatic carbocycles. The molecule has 1 heterocycles. The van der Waals surface area contributed by atoms with Gasteiger partial charge >= 0.3 is 5.97 Å². The Morgan fingerprint density at radius 1 is 1.22 bits per heavy atom. The minimum Gasteiger partial charge on any atom is -0.477 e. The molecule has 2 N–H and O–H groups in total. The number of nitrogens with zero attached hydrogens (tertiary/aromatic N) is 1. The molecule has 0 fully saturated rings. The molecule has 0 amide bonds. The van der Waals surface area contributed by atoms with Crippen LogP contribution in [0.25, 0.3) is 0 Å². The lowest BCUT2D eigenvalue weighted by atomic mass is 10.1. The van der Waals surface area contributed by atoms with E-state index >= 15 is 0 Å². The van der Waals surface area contributed by atoms with E-state index in [1.165, 1.54) is 11.6 Å². The van der Waals surface area contributed by atoms with Crippen LogP contribution in [0.15, 0.2) is 42.5 Å². The Morgan fingerprint density at radius 3 is 2.56 bits per heavy atom. The fraction of sp³-hybridized carbons (Fsp3) is 0.143. The average molecular weight is 242 g/mol. The lowest BCUT2D eigenvalue weighted by Gasteiger charge is -2.06. The molecule has 2 rings (SSSR count). The highest BCUT2D eigenvalue weighted by Crippen LogP contribution is 2.15. The van der Waals surface area contributed by atoms with Crippen molar-refractivity contribution in [1.82, 2.24) is 4.98 Å². The number of nitrogens with one attached hydrogen (secondary N) is 1. The van der Waals surface area contributed by atoms with E-state index in [2.05, 4.69) is 17.2 Å². The maximum atomic E-state index is 10.8. The molecule has 1 aromatic carbocycles. The van der Waals surface area contributed by atoms with Crippen LogP contribution in [0.1, 0.15) is 23.0 Å². The third kappa shape index (κ3) is 2.85. The largest absolute Gasteiger partial charge is 0.477 e. The molecule has 4 nitrogen and oxygen atoms in total. The monoisotopic (exact) mass is 242 g/mol. The van der Waals surface area contributed by atoms with Gasteiger partial charge in [-0.25, -0.2) is 9.78 Å². The van der Waals surface area contributed by atoms with Crippen LogP contribution >= 0.6 is 0 Å². The quantitative estimate of drug-likeness (QED) is 0.864. The number of aromatic nitrogens is 1. The summed E-state index contributed by atoms with van der Waals surface area (Å²) in [4.78, 5) is 14.8. The van der Waals surface area contributed by atoms with Gasteiger partial charge in [-0.3, -0.25) is 0 Å². The van der Waals surface area contributed by atoms with Crippen LogP contribution in [0.3, 0.4) is 0 Å². The van der Waals surface area contributed by atoms with Gasteiger partial charge in [0.15, 0.2) is 5.69 Å². The highest BCUT2D eigenvalue weighted by atomic mass is 16.4. The number of carboxylic acids is 1. The maximum Gasteiger partial charge on any atom is 0.354 e. The van der Waals surface area contributed by atoms with Crippen molar-refractivity contribution in [2.24, 2.45) is 0 Å². The van der Waals surface area contributed by atoms with E-state index in [4.69, 9.17) is 5.11 Å². The summed E-state index contributed by atoms with van der Waals surface area (Å²) in [5.41, 5.74) is 2.18. The number of benzene rings is 1. The van der Waals surface area contributed by atoms with Crippen molar-refractivity contribution in [1.29, 1.82) is 0 Å². The molecule has 0 bridgehead atoms. The Labute approximate surface area is 105 Å². The lowest BCUT2D eigenvalue weighted by Crippen LogP contribution is -2.02. The number of aryl methyl sites for hydroxylation is 1. The predicted molar refractivity (Wildman–Crippen MR) is 70.3 cm³/mol. The van der Waals surface area contributed by atoms with E-state index in [9.17, 15) is 4.79 Å². The van der Waals surface area contributed by atoms with Gasteiger partial charge in [-0.2, -0.15) is 0 Å². The average Bonchev–Trinajstić information content (AvgIpc) is 2.40. The number of rotatable bonds is 4. The highest BCUT2D eigenvalue weighted by Gasteiger charge is 2.04. The normalized spacial score (nSPS) is 10.1. The van der Waals surface area contributed by atoms with Gasteiger partial charge in [0.25, 0.3) is 0 Å². The molecule has 0 saturated carbocycles. The summed E-state index contributed by atoms with van der Waals surface area (Å²) in [7, 11) is 0. The molecule has 4 heteroatoms. The molecule has 0 atom stereocenters. The standard InChI is InChI=1S/C14H14N2O2/c1-2-10-6-8-11(9-7-10)15-13-5-3-4-12(16-13)14(17)18/h3-9H,2H2,1H3,(H,15,16)(H,17,18). The smallest absolute Gasteiger partial charge is 0.354 e. The first-order valence-corrected chi connectivity index (χ1v) is 5.75. The van der Waals surface area contributed by atoms with Crippen molar-refractivity contribution in [3.05, 3.63) is 53.7 Å². The van der Waals surface area contributed by atoms with Crippen LogP contribution in [0.5, 0.6) is 0 Å². The van der Waals surface area contributed by atoms with Crippen LogP contribution in [0, 0.1) is 0 Å².